The Morgan fingerprint density at radius 2 is 1.89 bits per heavy atom. The molecular formula is C10H20BrN3O3S. The Hall–Kier alpha value is -0.180. The van der Waals surface area contributed by atoms with Crippen molar-refractivity contribution in [2.45, 2.75) is 13.3 Å². The summed E-state index contributed by atoms with van der Waals surface area (Å²) in [5.74, 6) is 0.00801. The summed E-state index contributed by atoms with van der Waals surface area (Å²) in [6, 6.07) is 0. The maximum absolute atomic E-state index is 11.6. The molecule has 1 rings (SSSR count). The number of halogens is 1. The maximum atomic E-state index is 11.6. The molecule has 1 heterocycles. The Morgan fingerprint density at radius 3 is 2.39 bits per heavy atom. The SMILES string of the molecule is CCCNC(=O)CN1CCN(S(=O)(=O)CBr)CC1. The van der Waals surface area contributed by atoms with Crippen LogP contribution in [0.5, 0.6) is 0 Å². The molecule has 1 fully saturated rings. The maximum Gasteiger partial charge on any atom is 0.234 e. The molecule has 0 aromatic rings. The molecule has 18 heavy (non-hydrogen) atoms. The van der Waals surface area contributed by atoms with E-state index in [0.29, 0.717) is 39.3 Å². The zero-order valence-corrected chi connectivity index (χ0v) is 13.0. The van der Waals surface area contributed by atoms with Gasteiger partial charge in [-0.25, -0.2) is 8.42 Å². The third-order valence-electron chi connectivity index (χ3n) is 2.80. The number of piperazine rings is 1. The Balaban J connectivity index is 2.34. The topological polar surface area (TPSA) is 69.7 Å². The van der Waals surface area contributed by atoms with Crippen molar-refractivity contribution in [1.29, 1.82) is 0 Å². The highest BCUT2D eigenvalue weighted by Crippen LogP contribution is 2.09. The van der Waals surface area contributed by atoms with E-state index >= 15 is 0 Å². The first-order chi connectivity index (χ1) is 8.49. The van der Waals surface area contributed by atoms with Gasteiger partial charge < -0.3 is 5.32 Å². The lowest BCUT2D eigenvalue weighted by Crippen LogP contribution is -2.51. The van der Waals surface area contributed by atoms with Crippen LogP contribution in [-0.2, 0) is 14.8 Å². The van der Waals surface area contributed by atoms with E-state index in [1.807, 2.05) is 11.8 Å². The number of hydrogen-bond acceptors (Lipinski definition) is 4. The van der Waals surface area contributed by atoms with Gasteiger partial charge in [0.15, 0.2) is 0 Å². The van der Waals surface area contributed by atoms with Crippen molar-refractivity contribution in [2.24, 2.45) is 0 Å². The molecule has 0 aliphatic carbocycles. The van der Waals surface area contributed by atoms with Crippen LogP contribution in [0, 0.1) is 0 Å². The lowest BCUT2D eigenvalue weighted by molar-refractivity contribution is -0.122. The summed E-state index contributed by atoms with van der Waals surface area (Å²) in [5.41, 5.74) is 0. The third kappa shape index (κ3) is 4.83. The van der Waals surface area contributed by atoms with Gasteiger partial charge in [0.2, 0.25) is 15.9 Å². The monoisotopic (exact) mass is 341 g/mol. The molecule has 1 aliphatic heterocycles. The first-order valence-electron chi connectivity index (χ1n) is 6.02. The molecule has 1 amide bonds. The van der Waals surface area contributed by atoms with Crippen molar-refractivity contribution >= 4 is 31.9 Å². The molecule has 0 saturated carbocycles. The minimum absolute atomic E-state index is 0.00801. The number of rotatable bonds is 6. The fraction of sp³-hybridized carbons (Fsp3) is 0.900. The van der Waals surface area contributed by atoms with E-state index < -0.39 is 10.0 Å². The Morgan fingerprint density at radius 1 is 1.28 bits per heavy atom. The van der Waals surface area contributed by atoms with Gasteiger partial charge in [-0.05, 0) is 6.42 Å². The summed E-state index contributed by atoms with van der Waals surface area (Å²) in [7, 11) is -3.16. The van der Waals surface area contributed by atoms with E-state index in [2.05, 4.69) is 21.2 Å². The van der Waals surface area contributed by atoms with Crippen molar-refractivity contribution in [3.63, 3.8) is 0 Å². The number of alkyl halides is 1. The number of sulfonamides is 1. The van der Waals surface area contributed by atoms with E-state index in [1.54, 1.807) is 0 Å². The highest BCUT2D eigenvalue weighted by atomic mass is 79.9. The third-order valence-corrected chi connectivity index (χ3v) is 5.97. The van der Waals surface area contributed by atoms with Gasteiger partial charge >= 0.3 is 0 Å². The molecular weight excluding hydrogens is 322 g/mol. The highest BCUT2D eigenvalue weighted by molar-refractivity contribution is 9.10. The average molecular weight is 342 g/mol. The normalized spacial score (nSPS) is 18.8. The lowest BCUT2D eigenvalue weighted by atomic mass is 10.3. The van der Waals surface area contributed by atoms with Crippen LogP contribution in [0.1, 0.15) is 13.3 Å². The van der Waals surface area contributed by atoms with E-state index in [0.717, 1.165) is 6.42 Å². The number of amides is 1. The molecule has 0 atom stereocenters. The van der Waals surface area contributed by atoms with E-state index in [9.17, 15) is 13.2 Å². The molecule has 1 saturated heterocycles. The average Bonchev–Trinajstić information content (AvgIpc) is 2.37. The molecule has 0 bridgehead atoms. The van der Waals surface area contributed by atoms with Gasteiger partial charge in [0.1, 0.15) is 4.66 Å². The lowest BCUT2D eigenvalue weighted by Gasteiger charge is -2.33. The molecule has 0 radical (unpaired) electrons. The first-order valence-corrected chi connectivity index (χ1v) is 8.75. The number of hydrogen-bond donors (Lipinski definition) is 1. The van der Waals surface area contributed by atoms with Crippen molar-refractivity contribution in [2.75, 3.05) is 43.9 Å². The fourth-order valence-corrected chi connectivity index (χ4v) is 3.48. The summed E-state index contributed by atoms with van der Waals surface area (Å²) in [6.07, 6.45) is 0.920. The molecule has 8 heteroatoms. The minimum atomic E-state index is -3.16. The van der Waals surface area contributed by atoms with Gasteiger partial charge in [0.05, 0.1) is 6.54 Å². The standard InChI is InChI=1S/C10H20BrN3O3S/c1-2-3-12-10(15)8-13-4-6-14(7-5-13)18(16,17)9-11/h2-9H2,1H3,(H,12,15). The predicted octanol–water partition coefficient (Wildman–Crippen LogP) is -0.188. The summed E-state index contributed by atoms with van der Waals surface area (Å²) in [4.78, 5) is 13.5. The Labute approximate surface area is 117 Å². The molecule has 6 nitrogen and oxygen atoms in total. The second-order valence-corrected chi connectivity index (χ2v) is 7.52. The summed E-state index contributed by atoms with van der Waals surface area (Å²) in [5, 5.41) is 2.81. The molecule has 1 N–H and O–H groups in total. The van der Waals surface area contributed by atoms with Crippen LogP contribution < -0.4 is 5.32 Å². The van der Waals surface area contributed by atoms with Gasteiger partial charge in [-0.1, -0.05) is 22.9 Å². The van der Waals surface area contributed by atoms with Crippen LogP contribution in [-0.4, -0.2) is 67.5 Å². The smallest absolute Gasteiger partial charge is 0.234 e. The number of carbonyl (C=O) groups excluding carboxylic acids is 1. The van der Waals surface area contributed by atoms with Crippen LogP contribution in [0.4, 0.5) is 0 Å². The van der Waals surface area contributed by atoms with E-state index in [-0.39, 0.29) is 10.6 Å². The Kier molecular flexibility index (Phi) is 6.54. The summed E-state index contributed by atoms with van der Waals surface area (Å²) < 4.78 is 24.6. The van der Waals surface area contributed by atoms with Gasteiger partial charge in [-0.3, -0.25) is 9.69 Å². The fourth-order valence-electron chi connectivity index (χ4n) is 1.76. The molecule has 0 aromatic carbocycles. The van der Waals surface area contributed by atoms with Crippen LogP contribution in [0.15, 0.2) is 0 Å². The molecule has 106 valence electrons. The van der Waals surface area contributed by atoms with Gasteiger partial charge in [0.25, 0.3) is 0 Å². The second-order valence-electron chi connectivity index (χ2n) is 4.25. The second kappa shape index (κ2) is 7.42. The van der Waals surface area contributed by atoms with Crippen molar-refractivity contribution < 1.29 is 13.2 Å². The van der Waals surface area contributed by atoms with Crippen LogP contribution in [0.25, 0.3) is 0 Å². The van der Waals surface area contributed by atoms with Gasteiger partial charge in [0, 0.05) is 32.7 Å². The van der Waals surface area contributed by atoms with Crippen LogP contribution >= 0.6 is 15.9 Å². The van der Waals surface area contributed by atoms with Gasteiger partial charge in [-0.2, -0.15) is 4.31 Å². The quantitative estimate of drug-likeness (QED) is 0.680. The van der Waals surface area contributed by atoms with Crippen molar-refractivity contribution in [1.82, 2.24) is 14.5 Å². The van der Waals surface area contributed by atoms with Crippen LogP contribution in [0.2, 0.25) is 0 Å². The van der Waals surface area contributed by atoms with Crippen molar-refractivity contribution in [3.05, 3.63) is 0 Å². The largest absolute Gasteiger partial charge is 0.355 e. The highest BCUT2D eigenvalue weighted by Gasteiger charge is 2.26. The Bertz CT molecular complexity index is 367. The predicted molar refractivity (Wildman–Crippen MR) is 74.0 cm³/mol. The van der Waals surface area contributed by atoms with E-state index in [1.165, 1.54) is 4.31 Å². The molecule has 1 aliphatic rings. The summed E-state index contributed by atoms with van der Waals surface area (Å²) in [6.45, 7) is 5.16. The zero-order chi connectivity index (χ0) is 13.6. The van der Waals surface area contributed by atoms with Crippen molar-refractivity contribution in [3.8, 4) is 0 Å². The summed E-state index contributed by atoms with van der Waals surface area (Å²) >= 11 is 2.98. The minimum Gasteiger partial charge on any atom is -0.355 e. The molecule has 0 aromatic heterocycles. The molecule has 0 unspecified atom stereocenters. The van der Waals surface area contributed by atoms with Gasteiger partial charge in [-0.15, -0.1) is 0 Å². The zero-order valence-electron chi connectivity index (χ0n) is 10.6. The van der Waals surface area contributed by atoms with Crippen LogP contribution in [0.3, 0.4) is 0 Å². The van der Waals surface area contributed by atoms with E-state index in [4.69, 9.17) is 0 Å². The first kappa shape index (κ1) is 15.9. The number of carbonyl (C=O) groups is 1. The molecule has 0 spiro atoms. The number of nitrogens with one attached hydrogen (secondary N) is 1. The number of nitrogens with zero attached hydrogens (tertiary/aromatic N) is 2.